The second-order valence-electron chi connectivity index (χ2n) is 7.46. The number of hydrogen-bond donors (Lipinski definition) is 1. The third kappa shape index (κ3) is 4.16. The molecule has 30 heavy (non-hydrogen) atoms. The van der Waals surface area contributed by atoms with Gasteiger partial charge < -0.3 is 4.90 Å². The largest absolute Gasteiger partial charge is 0.304 e. The minimum atomic E-state index is -0.293. The van der Waals surface area contributed by atoms with Gasteiger partial charge in [0.05, 0.1) is 16.2 Å². The van der Waals surface area contributed by atoms with Gasteiger partial charge in [0.2, 0.25) is 5.95 Å². The summed E-state index contributed by atoms with van der Waals surface area (Å²) < 4.78 is 2.04. The molecule has 0 spiro atoms. The van der Waals surface area contributed by atoms with Crippen LogP contribution in [0.4, 0.5) is 5.95 Å². The van der Waals surface area contributed by atoms with Crippen molar-refractivity contribution < 1.29 is 4.79 Å². The summed E-state index contributed by atoms with van der Waals surface area (Å²) in [6, 6.07) is 8.57. The van der Waals surface area contributed by atoms with Gasteiger partial charge in [-0.1, -0.05) is 30.1 Å². The van der Waals surface area contributed by atoms with Crippen LogP contribution in [0.5, 0.6) is 0 Å². The summed E-state index contributed by atoms with van der Waals surface area (Å²) in [6.45, 7) is 6.04. The Balaban J connectivity index is 1.70. The number of fused-ring (bicyclic) bond motifs is 1. The lowest BCUT2D eigenvalue weighted by Gasteiger charge is -2.38. The number of piperazine rings is 1. The number of carbonyl (C=O) groups is 1. The maximum absolute atomic E-state index is 12.9. The number of likely N-dealkylation sites (N-methyl/N-ethyl adjacent to an activating group) is 1. The van der Waals surface area contributed by atoms with Gasteiger partial charge in [0.25, 0.3) is 5.91 Å². The number of nitrogens with one attached hydrogen (secondary N) is 1. The van der Waals surface area contributed by atoms with Crippen molar-refractivity contribution in [1.29, 1.82) is 0 Å². The second-order valence-corrected chi connectivity index (χ2v) is 8.28. The molecule has 1 atom stereocenters. The van der Waals surface area contributed by atoms with Gasteiger partial charge in [-0.05, 0) is 43.8 Å². The van der Waals surface area contributed by atoms with Crippen LogP contribution in [-0.4, -0.2) is 63.5 Å². The molecule has 1 aliphatic rings. The number of halogens is 2. The Bertz CT molecular complexity index is 1060. The summed E-state index contributed by atoms with van der Waals surface area (Å²) in [6.07, 6.45) is 2.66. The molecule has 4 rings (SSSR count). The fourth-order valence-electron chi connectivity index (χ4n) is 3.84. The molecule has 1 aromatic carbocycles. The van der Waals surface area contributed by atoms with Crippen molar-refractivity contribution in [2.24, 2.45) is 0 Å². The highest BCUT2D eigenvalue weighted by Crippen LogP contribution is 2.29. The average molecular weight is 447 g/mol. The first-order valence-corrected chi connectivity index (χ1v) is 10.8. The van der Waals surface area contributed by atoms with E-state index in [9.17, 15) is 4.79 Å². The molecule has 9 heteroatoms. The van der Waals surface area contributed by atoms with Crippen molar-refractivity contribution in [1.82, 2.24) is 24.3 Å². The van der Waals surface area contributed by atoms with E-state index in [0.29, 0.717) is 21.6 Å². The molecule has 1 N–H and O–H groups in total. The maximum atomic E-state index is 12.9. The maximum Gasteiger partial charge on any atom is 0.258 e. The molecule has 1 unspecified atom stereocenters. The predicted molar refractivity (Wildman–Crippen MR) is 120 cm³/mol. The molecule has 1 fully saturated rings. The van der Waals surface area contributed by atoms with Crippen LogP contribution in [0.3, 0.4) is 0 Å². The van der Waals surface area contributed by atoms with Crippen LogP contribution in [0.15, 0.2) is 36.5 Å². The van der Waals surface area contributed by atoms with Crippen LogP contribution in [-0.2, 0) is 0 Å². The van der Waals surface area contributed by atoms with E-state index in [0.717, 1.165) is 43.8 Å². The van der Waals surface area contributed by atoms with Crippen molar-refractivity contribution in [3.05, 3.63) is 52.1 Å². The van der Waals surface area contributed by atoms with E-state index in [1.807, 2.05) is 16.7 Å². The Kier molecular flexibility index (Phi) is 6.24. The zero-order chi connectivity index (χ0) is 21.3. The minimum Gasteiger partial charge on any atom is -0.304 e. The minimum absolute atomic E-state index is 0.0442. The van der Waals surface area contributed by atoms with Gasteiger partial charge in [-0.15, -0.1) is 0 Å². The first kappa shape index (κ1) is 21.1. The molecule has 0 bridgehead atoms. The highest BCUT2D eigenvalue weighted by Gasteiger charge is 2.27. The number of anilines is 1. The summed E-state index contributed by atoms with van der Waals surface area (Å²) in [5.74, 6) is 0.184. The van der Waals surface area contributed by atoms with Gasteiger partial charge in [0.15, 0.2) is 5.65 Å². The Hall–Kier alpha value is -2.19. The Morgan fingerprint density at radius 1 is 1.17 bits per heavy atom. The standard InChI is InChI=1S/C21H24Cl2N6O/c1-3-18(28-11-9-27(2)10-12-28)29-19-17(5-4-8-24-19)25-21(29)26-20(30)14-6-7-15(22)16(23)13-14/h4-8,13,18H,3,9-12H2,1-2H3,(H,25,26,30). The number of hydrogen-bond acceptors (Lipinski definition) is 5. The molecule has 0 radical (unpaired) electrons. The van der Waals surface area contributed by atoms with Gasteiger partial charge in [-0.25, -0.2) is 9.97 Å². The van der Waals surface area contributed by atoms with Gasteiger partial charge >= 0.3 is 0 Å². The van der Waals surface area contributed by atoms with E-state index >= 15 is 0 Å². The molecule has 1 saturated heterocycles. The first-order valence-electron chi connectivity index (χ1n) is 10.00. The van der Waals surface area contributed by atoms with Gasteiger partial charge in [0.1, 0.15) is 5.52 Å². The number of nitrogens with zero attached hydrogens (tertiary/aromatic N) is 5. The third-order valence-electron chi connectivity index (χ3n) is 5.48. The molecule has 1 amide bonds. The van der Waals surface area contributed by atoms with Crippen molar-refractivity contribution in [3.63, 3.8) is 0 Å². The molecule has 2 aromatic heterocycles. The van der Waals surface area contributed by atoms with Crippen LogP contribution in [0.25, 0.3) is 11.2 Å². The molecule has 0 saturated carbocycles. The summed E-state index contributed by atoms with van der Waals surface area (Å²) >= 11 is 12.1. The second kappa shape index (κ2) is 8.89. The van der Waals surface area contributed by atoms with E-state index in [4.69, 9.17) is 23.2 Å². The van der Waals surface area contributed by atoms with Crippen molar-refractivity contribution in [2.45, 2.75) is 19.5 Å². The van der Waals surface area contributed by atoms with E-state index < -0.39 is 0 Å². The fraction of sp³-hybridized carbons (Fsp3) is 0.381. The smallest absolute Gasteiger partial charge is 0.258 e. The zero-order valence-electron chi connectivity index (χ0n) is 17.0. The van der Waals surface area contributed by atoms with Crippen LogP contribution in [0.1, 0.15) is 29.9 Å². The van der Waals surface area contributed by atoms with Crippen molar-refractivity contribution >= 4 is 46.2 Å². The normalized spacial score (nSPS) is 16.7. The Labute approximate surface area is 185 Å². The summed E-state index contributed by atoms with van der Waals surface area (Å²) in [5, 5.41) is 3.70. The molecule has 3 aromatic rings. The average Bonchev–Trinajstić information content (AvgIpc) is 3.10. The quantitative estimate of drug-likeness (QED) is 0.637. The summed E-state index contributed by atoms with van der Waals surface area (Å²) in [4.78, 5) is 26.9. The van der Waals surface area contributed by atoms with E-state index in [-0.39, 0.29) is 12.1 Å². The molecule has 1 aliphatic heterocycles. The first-order chi connectivity index (χ1) is 14.5. The van der Waals surface area contributed by atoms with Crippen molar-refractivity contribution in [3.8, 4) is 0 Å². The lowest BCUT2D eigenvalue weighted by molar-refractivity contribution is 0.0763. The van der Waals surface area contributed by atoms with Crippen LogP contribution in [0.2, 0.25) is 10.0 Å². The molecule has 0 aliphatic carbocycles. The van der Waals surface area contributed by atoms with Gasteiger partial charge in [-0.3, -0.25) is 19.6 Å². The number of pyridine rings is 1. The summed E-state index contributed by atoms with van der Waals surface area (Å²) in [5.41, 5.74) is 1.92. The van der Waals surface area contributed by atoms with Crippen LogP contribution >= 0.6 is 23.2 Å². The van der Waals surface area contributed by atoms with E-state index in [2.05, 4.69) is 39.1 Å². The summed E-state index contributed by atoms with van der Waals surface area (Å²) in [7, 11) is 2.13. The molecule has 158 valence electrons. The van der Waals surface area contributed by atoms with Gasteiger partial charge in [0, 0.05) is 37.9 Å². The van der Waals surface area contributed by atoms with Gasteiger partial charge in [-0.2, -0.15) is 0 Å². The molecule has 7 nitrogen and oxygen atoms in total. The number of rotatable bonds is 5. The molecular formula is C21H24Cl2N6O. The third-order valence-corrected chi connectivity index (χ3v) is 6.22. The van der Waals surface area contributed by atoms with Crippen LogP contribution < -0.4 is 5.32 Å². The molecular weight excluding hydrogens is 423 g/mol. The number of imidazole rings is 1. The number of benzene rings is 1. The monoisotopic (exact) mass is 446 g/mol. The van der Waals surface area contributed by atoms with Crippen molar-refractivity contribution in [2.75, 3.05) is 38.5 Å². The number of aromatic nitrogens is 3. The highest BCUT2D eigenvalue weighted by molar-refractivity contribution is 6.42. The lowest BCUT2D eigenvalue weighted by atomic mass is 10.2. The van der Waals surface area contributed by atoms with E-state index in [1.54, 1.807) is 24.4 Å². The fourth-order valence-corrected chi connectivity index (χ4v) is 4.13. The highest BCUT2D eigenvalue weighted by atomic mass is 35.5. The Morgan fingerprint density at radius 2 is 1.93 bits per heavy atom. The number of carbonyl (C=O) groups excluding carboxylic acids is 1. The predicted octanol–water partition coefficient (Wildman–Crippen LogP) is 4.15. The lowest BCUT2D eigenvalue weighted by Crippen LogP contribution is -2.47. The zero-order valence-corrected chi connectivity index (χ0v) is 18.5. The Morgan fingerprint density at radius 3 is 2.63 bits per heavy atom. The number of amides is 1. The van der Waals surface area contributed by atoms with E-state index in [1.165, 1.54) is 0 Å². The molecule has 3 heterocycles. The topological polar surface area (TPSA) is 66.3 Å². The SMILES string of the molecule is CCC(N1CCN(C)CC1)n1c(NC(=O)c2ccc(Cl)c(Cl)c2)nc2cccnc21. The van der Waals surface area contributed by atoms with Crippen LogP contribution in [0, 0.1) is 0 Å².